The van der Waals surface area contributed by atoms with E-state index in [4.69, 9.17) is 46.4 Å². The molecular weight excluding hydrogens is 381 g/mol. The summed E-state index contributed by atoms with van der Waals surface area (Å²) in [7, 11) is 0. The van der Waals surface area contributed by atoms with Gasteiger partial charge >= 0.3 is 5.51 Å². The average Bonchev–Trinajstić information content (AvgIpc) is 2.33. The van der Waals surface area contributed by atoms with Crippen molar-refractivity contribution in [2.45, 2.75) is 16.5 Å². The number of anilines is 1. The van der Waals surface area contributed by atoms with E-state index in [1.54, 1.807) is 0 Å². The molecule has 0 aromatic heterocycles. The van der Waals surface area contributed by atoms with Crippen LogP contribution in [0.4, 0.5) is 18.9 Å². The second kappa shape index (κ2) is 7.51. The van der Waals surface area contributed by atoms with Crippen molar-refractivity contribution in [1.29, 1.82) is 0 Å². The van der Waals surface area contributed by atoms with Gasteiger partial charge < -0.3 is 10.4 Å². The Morgan fingerprint density at radius 1 is 1.25 bits per heavy atom. The van der Waals surface area contributed by atoms with E-state index in [9.17, 15) is 18.3 Å². The quantitative estimate of drug-likeness (QED) is 0.409. The first kappa shape index (κ1) is 18.3. The van der Waals surface area contributed by atoms with Crippen LogP contribution in [0.2, 0.25) is 15.1 Å². The Bertz CT molecular complexity index is 487. The summed E-state index contributed by atoms with van der Waals surface area (Å²) in [6, 6.07) is 1.06. The van der Waals surface area contributed by atoms with Crippen molar-refractivity contribution in [1.82, 2.24) is 0 Å². The number of halogens is 7. The summed E-state index contributed by atoms with van der Waals surface area (Å²) < 4.78 is 37.0. The molecule has 1 rings (SSSR count). The van der Waals surface area contributed by atoms with Crippen LogP contribution in [-0.2, 0) is 0 Å². The Labute approximate surface area is 137 Å². The Kier molecular flexibility index (Phi) is 6.89. The van der Waals surface area contributed by atoms with Crippen LogP contribution in [0, 0.1) is 0 Å². The fraction of sp³-hybridized carbons (Fsp3) is 0.400. The number of hydrogen-bond acceptors (Lipinski definition) is 3. The van der Waals surface area contributed by atoms with Crippen LogP contribution in [0.3, 0.4) is 0 Å². The van der Waals surface area contributed by atoms with Crippen LogP contribution in [-0.4, -0.2) is 29.1 Å². The van der Waals surface area contributed by atoms with Crippen molar-refractivity contribution in [3.05, 3.63) is 21.1 Å². The zero-order chi connectivity index (χ0) is 15.5. The van der Waals surface area contributed by atoms with Crippen molar-refractivity contribution < 1.29 is 18.3 Å². The van der Waals surface area contributed by atoms with Gasteiger partial charge in [0.05, 0.1) is 32.7 Å². The molecule has 10 heteroatoms. The molecule has 1 unspecified atom stereocenters. The number of nitrogens with one attached hydrogen (secondary N) is 1. The second-order valence-electron chi connectivity index (χ2n) is 3.60. The van der Waals surface area contributed by atoms with E-state index in [0.29, 0.717) is 0 Å². The maximum Gasteiger partial charge on any atom is 0.446 e. The third-order valence-electron chi connectivity index (χ3n) is 2.04. The predicted octanol–water partition coefficient (Wildman–Crippen LogP) is 5.27. The Hall–Kier alpha value is 0.280. The number of aliphatic hydroxyl groups is 1. The molecule has 1 atom stereocenters. The molecule has 20 heavy (non-hydrogen) atoms. The van der Waals surface area contributed by atoms with Gasteiger partial charge in [0.25, 0.3) is 0 Å². The molecule has 0 bridgehead atoms. The van der Waals surface area contributed by atoms with E-state index in [2.05, 4.69) is 5.32 Å². The highest BCUT2D eigenvalue weighted by atomic mass is 35.5. The molecule has 2 nitrogen and oxygen atoms in total. The number of benzene rings is 1. The lowest BCUT2D eigenvalue weighted by Gasteiger charge is -2.16. The minimum atomic E-state index is -4.50. The number of aliphatic hydroxyl groups excluding tert-OH is 1. The van der Waals surface area contributed by atoms with Gasteiger partial charge in [0.15, 0.2) is 0 Å². The minimum absolute atomic E-state index is 0.0159. The van der Waals surface area contributed by atoms with E-state index in [0.717, 1.165) is 6.07 Å². The molecule has 0 heterocycles. The minimum Gasteiger partial charge on any atom is -0.390 e. The van der Waals surface area contributed by atoms with Gasteiger partial charge in [-0.15, -0.1) is 11.6 Å². The van der Waals surface area contributed by atoms with Crippen molar-refractivity contribution in [2.24, 2.45) is 0 Å². The first-order valence-corrected chi connectivity index (χ1v) is 7.55. The maximum absolute atomic E-state index is 12.3. The Morgan fingerprint density at radius 3 is 2.35 bits per heavy atom. The summed E-state index contributed by atoms with van der Waals surface area (Å²) in [5.74, 6) is -0.0159. The van der Waals surface area contributed by atoms with Gasteiger partial charge in [-0.25, -0.2) is 0 Å². The summed E-state index contributed by atoms with van der Waals surface area (Å²) in [5.41, 5.74) is -4.35. The van der Waals surface area contributed by atoms with Crippen LogP contribution in [0.5, 0.6) is 0 Å². The lowest BCUT2D eigenvalue weighted by atomic mass is 10.3. The van der Waals surface area contributed by atoms with Crippen molar-refractivity contribution in [3.63, 3.8) is 0 Å². The van der Waals surface area contributed by atoms with Gasteiger partial charge in [-0.05, 0) is 17.8 Å². The van der Waals surface area contributed by atoms with E-state index in [-0.39, 0.29) is 38.1 Å². The molecule has 0 saturated carbocycles. The van der Waals surface area contributed by atoms with Crippen LogP contribution in [0.1, 0.15) is 0 Å². The highest BCUT2D eigenvalue weighted by Crippen LogP contribution is 2.47. The first-order valence-electron chi connectivity index (χ1n) is 5.07. The molecule has 0 saturated heterocycles. The molecule has 0 spiro atoms. The standard InChI is InChI=1S/C10H8Cl4F3NOS/c11-2-4(19)3-18-9-5(12)1-6(7(13)8(9)14)20-10(15,16)17/h1,4,18-19H,2-3H2. The summed E-state index contributed by atoms with van der Waals surface area (Å²) >= 11 is 22.5. The molecule has 0 amide bonds. The highest BCUT2D eigenvalue weighted by Gasteiger charge is 2.31. The summed E-state index contributed by atoms with van der Waals surface area (Å²) in [4.78, 5) is -0.294. The van der Waals surface area contributed by atoms with Crippen LogP contribution >= 0.6 is 58.2 Å². The summed E-state index contributed by atoms with van der Waals surface area (Å²) in [5, 5.41) is 11.6. The number of hydrogen-bond donors (Lipinski definition) is 2. The summed E-state index contributed by atoms with van der Waals surface area (Å²) in [6.45, 7) is 0.0328. The average molecular weight is 389 g/mol. The monoisotopic (exact) mass is 387 g/mol. The number of thioether (sulfide) groups is 1. The SMILES string of the molecule is OC(CCl)CNc1c(Cl)cc(SC(F)(F)F)c(Cl)c1Cl. The fourth-order valence-corrected chi connectivity index (χ4v) is 2.91. The molecule has 0 aliphatic heterocycles. The van der Waals surface area contributed by atoms with Crippen LogP contribution in [0.15, 0.2) is 11.0 Å². The molecule has 1 aromatic carbocycles. The largest absolute Gasteiger partial charge is 0.446 e. The van der Waals surface area contributed by atoms with Gasteiger partial charge in [-0.2, -0.15) is 13.2 Å². The molecule has 114 valence electrons. The molecule has 0 aliphatic rings. The highest BCUT2D eigenvalue weighted by molar-refractivity contribution is 8.00. The fourth-order valence-electron chi connectivity index (χ4n) is 1.21. The summed E-state index contributed by atoms with van der Waals surface area (Å²) in [6.07, 6.45) is -0.855. The number of rotatable bonds is 5. The molecule has 0 fully saturated rings. The van der Waals surface area contributed by atoms with E-state index in [1.165, 1.54) is 0 Å². The van der Waals surface area contributed by atoms with Crippen LogP contribution < -0.4 is 5.32 Å². The third kappa shape index (κ3) is 5.24. The van der Waals surface area contributed by atoms with Gasteiger partial charge in [0.2, 0.25) is 0 Å². The van der Waals surface area contributed by atoms with Gasteiger partial charge in [0, 0.05) is 11.4 Å². The van der Waals surface area contributed by atoms with Gasteiger partial charge in [0.1, 0.15) is 0 Å². The molecule has 0 radical (unpaired) electrons. The van der Waals surface area contributed by atoms with E-state index >= 15 is 0 Å². The third-order valence-corrected chi connectivity index (χ3v) is 4.45. The van der Waals surface area contributed by atoms with Gasteiger partial charge in [-0.1, -0.05) is 34.8 Å². The lowest BCUT2D eigenvalue weighted by Crippen LogP contribution is -2.21. The molecule has 2 N–H and O–H groups in total. The van der Waals surface area contributed by atoms with Gasteiger partial charge in [-0.3, -0.25) is 0 Å². The maximum atomic E-state index is 12.3. The predicted molar refractivity (Wildman–Crippen MR) is 78.6 cm³/mol. The van der Waals surface area contributed by atoms with E-state index in [1.807, 2.05) is 0 Å². The van der Waals surface area contributed by atoms with Crippen LogP contribution in [0.25, 0.3) is 0 Å². The molecule has 1 aromatic rings. The zero-order valence-electron chi connectivity index (χ0n) is 9.57. The molecule has 0 aliphatic carbocycles. The molecular formula is C10H8Cl4F3NOS. The normalized spacial score (nSPS) is 13.4. The Balaban J connectivity index is 3.03. The van der Waals surface area contributed by atoms with E-state index < -0.39 is 23.4 Å². The van der Waals surface area contributed by atoms with Crippen molar-refractivity contribution >= 4 is 63.9 Å². The topological polar surface area (TPSA) is 32.3 Å². The smallest absolute Gasteiger partial charge is 0.390 e. The second-order valence-corrected chi connectivity index (χ2v) is 6.17. The van der Waals surface area contributed by atoms with Crippen molar-refractivity contribution in [2.75, 3.05) is 17.7 Å². The lowest BCUT2D eigenvalue weighted by molar-refractivity contribution is -0.0328. The number of alkyl halides is 4. The van der Waals surface area contributed by atoms with Crippen molar-refractivity contribution in [3.8, 4) is 0 Å². The Morgan fingerprint density at radius 2 is 1.85 bits per heavy atom. The first-order chi connectivity index (χ1) is 9.15. The zero-order valence-corrected chi connectivity index (χ0v) is 13.4.